The lowest BCUT2D eigenvalue weighted by Gasteiger charge is -2.30. The average Bonchev–Trinajstić information content (AvgIpc) is 3.15. The summed E-state index contributed by atoms with van der Waals surface area (Å²) in [7, 11) is 1.71. The first-order valence-corrected chi connectivity index (χ1v) is 9.41. The fourth-order valence-electron chi connectivity index (χ4n) is 2.91. The molecule has 1 aromatic heterocycles. The van der Waals surface area contributed by atoms with Gasteiger partial charge in [0.25, 0.3) is 11.8 Å². The maximum atomic E-state index is 13.0. The van der Waals surface area contributed by atoms with E-state index >= 15 is 0 Å². The monoisotopic (exact) mass is 397 g/mol. The highest BCUT2D eigenvalue weighted by atomic mass is 32.1. The van der Waals surface area contributed by atoms with Crippen LogP contribution in [0, 0.1) is 5.82 Å². The Morgan fingerprint density at radius 2 is 2.00 bits per heavy atom. The Kier molecular flexibility index (Phi) is 4.56. The average molecular weight is 397 g/mol. The number of benzene rings is 2. The topological polar surface area (TPSA) is 71.5 Å². The summed E-state index contributed by atoms with van der Waals surface area (Å²) >= 11 is 1.28. The lowest BCUT2D eigenvalue weighted by atomic mass is 10.1. The summed E-state index contributed by atoms with van der Waals surface area (Å²) in [4.78, 5) is 30.4. The number of carbonyl (C=O) groups excluding carboxylic acids is 2. The minimum Gasteiger partial charge on any atom is -0.479 e. The second-order valence-corrected chi connectivity index (χ2v) is 7.20. The Labute approximate surface area is 164 Å². The number of fused-ring (bicyclic) bond motifs is 1. The number of hydrogen-bond donors (Lipinski definition) is 1. The molecule has 2 amide bonds. The number of nitrogens with zero attached hydrogens (tertiary/aromatic N) is 2. The van der Waals surface area contributed by atoms with Crippen LogP contribution < -0.4 is 15.0 Å². The molecule has 0 bridgehead atoms. The van der Waals surface area contributed by atoms with Gasteiger partial charge in [-0.25, -0.2) is 9.37 Å². The summed E-state index contributed by atoms with van der Waals surface area (Å²) < 4.78 is 18.6. The normalized spacial score (nSPS) is 15.8. The summed E-state index contributed by atoms with van der Waals surface area (Å²) in [6, 6.07) is 10.8. The summed E-state index contributed by atoms with van der Waals surface area (Å²) in [5.74, 6) is -0.241. The zero-order valence-electron chi connectivity index (χ0n) is 15.1. The molecule has 0 aliphatic carbocycles. The van der Waals surface area contributed by atoms with Gasteiger partial charge in [0.2, 0.25) is 0 Å². The standard InChI is InChI=1S/C20H16FN3O3S/c1-11-19(26)24(2)16-9-13(5-8-17(16)27-11)15-10-28-20(22-15)23-18(25)12-3-6-14(21)7-4-12/h3-11H,1-2H3,(H,22,23,25)/t11-/m0/s1. The second-order valence-electron chi connectivity index (χ2n) is 6.34. The molecule has 0 spiro atoms. The largest absolute Gasteiger partial charge is 0.479 e. The van der Waals surface area contributed by atoms with Crippen molar-refractivity contribution in [3.63, 3.8) is 0 Å². The molecule has 1 aliphatic rings. The number of nitrogens with one attached hydrogen (secondary N) is 1. The van der Waals surface area contributed by atoms with Gasteiger partial charge in [-0.3, -0.25) is 14.9 Å². The summed E-state index contributed by atoms with van der Waals surface area (Å²) in [5.41, 5.74) is 2.49. The van der Waals surface area contributed by atoms with Crippen LogP contribution in [0.15, 0.2) is 47.8 Å². The van der Waals surface area contributed by atoms with Crippen LogP contribution in [0.5, 0.6) is 5.75 Å². The third kappa shape index (κ3) is 3.34. The number of anilines is 2. The maximum absolute atomic E-state index is 13.0. The Hall–Kier alpha value is -3.26. The fourth-order valence-corrected chi connectivity index (χ4v) is 3.62. The molecule has 0 saturated carbocycles. The van der Waals surface area contributed by atoms with E-state index in [0.717, 1.165) is 5.56 Å². The molecule has 28 heavy (non-hydrogen) atoms. The van der Waals surface area contributed by atoms with Gasteiger partial charge in [0.1, 0.15) is 11.6 Å². The molecule has 3 aromatic rings. The van der Waals surface area contributed by atoms with Gasteiger partial charge < -0.3 is 9.64 Å². The van der Waals surface area contributed by atoms with E-state index in [1.165, 1.54) is 35.6 Å². The quantitative estimate of drug-likeness (QED) is 0.727. The van der Waals surface area contributed by atoms with Gasteiger partial charge in [0, 0.05) is 23.6 Å². The van der Waals surface area contributed by atoms with Gasteiger partial charge in [-0.15, -0.1) is 11.3 Å². The van der Waals surface area contributed by atoms with Crippen LogP contribution in [-0.2, 0) is 4.79 Å². The SMILES string of the molecule is C[C@@H]1Oc2ccc(-c3csc(NC(=O)c4ccc(F)cc4)n3)cc2N(C)C1=O. The Morgan fingerprint density at radius 3 is 2.75 bits per heavy atom. The van der Waals surface area contributed by atoms with Crippen LogP contribution in [0.3, 0.4) is 0 Å². The van der Waals surface area contributed by atoms with E-state index in [1.807, 2.05) is 17.5 Å². The number of carbonyl (C=O) groups is 2. The highest BCUT2D eigenvalue weighted by Gasteiger charge is 2.29. The van der Waals surface area contributed by atoms with Gasteiger partial charge in [0.05, 0.1) is 11.4 Å². The molecule has 142 valence electrons. The lowest BCUT2D eigenvalue weighted by Crippen LogP contribution is -2.41. The minimum atomic E-state index is -0.518. The van der Waals surface area contributed by atoms with Crippen molar-refractivity contribution in [1.82, 2.24) is 4.98 Å². The van der Waals surface area contributed by atoms with Crippen molar-refractivity contribution in [2.24, 2.45) is 0 Å². The fraction of sp³-hybridized carbons (Fsp3) is 0.150. The summed E-state index contributed by atoms with van der Waals surface area (Å²) in [6.45, 7) is 1.71. The smallest absolute Gasteiger partial charge is 0.267 e. The van der Waals surface area contributed by atoms with E-state index in [-0.39, 0.29) is 11.8 Å². The number of aromatic nitrogens is 1. The molecule has 0 unspecified atom stereocenters. The Morgan fingerprint density at radius 1 is 1.25 bits per heavy atom. The van der Waals surface area contributed by atoms with Crippen molar-refractivity contribution in [2.75, 3.05) is 17.3 Å². The third-order valence-electron chi connectivity index (χ3n) is 4.43. The first kappa shape index (κ1) is 18.1. The van der Waals surface area contributed by atoms with Crippen LogP contribution in [0.1, 0.15) is 17.3 Å². The molecule has 2 heterocycles. The lowest BCUT2D eigenvalue weighted by molar-refractivity contribution is -0.125. The Balaban J connectivity index is 1.55. The molecule has 6 nitrogen and oxygen atoms in total. The predicted octanol–water partition coefficient (Wildman–Crippen LogP) is 3.95. The van der Waals surface area contributed by atoms with Crippen LogP contribution >= 0.6 is 11.3 Å². The van der Waals surface area contributed by atoms with E-state index in [2.05, 4.69) is 10.3 Å². The number of thiazole rings is 1. The molecule has 0 radical (unpaired) electrons. The molecule has 1 atom stereocenters. The van der Waals surface area contributed by atoms with Crippen molar-refractivity contribution in [2.45, 2.75) is 13.0 Å². The zero-order valence-corrected chi connectivity index (χ0v) is 15.9. The van der Waals surface area contributed by atoms with Gasteiger partial charge >= 0.3 is 0 Å². The zero-order chi connectivity index (χ0) is 19.8. The highest BCUT2D eigenvalue weighted by Crippen LogP contribution is 2.37. The minimum absolute atomic E-state index is 0.116. The van der Waals surface area contributed by atoms with Gasteiger partial charge in [-0.1, -0.05) is 0 Å². The first-order valence-electron chi connectivity index (χ1n) is 8.53. The van der Waals surface area contributed by atoms with Crippen molar-refractivity contribution in [1.29, 1.82) is 0 Å². The molecule has 0 fully saturated rings. The molecule has 0 saturated heterocycles. The molecule has 1 aliphatic heterocycles. The van der Waals surface area contributed by atoms with E-state index in [0.29, 0.717) is 27.8 Å². The Bertz CT molecular complexity index is 1060. The first-order chi connectivity index (χ1) is 13.4. The van der Waals surface area contributed by atoms with Crippen molar-refractivity contribution in [3.8, 4) is 17.0 Å². The number of likely N-dealkylation sites (N-methyl/N-ethyl adjacent to an activating group) is 1. The van der Waals surface area contributed by atoms with E-state index in [1.54, 1.807) is 24.9 Å². The predicted molar refractivity (Wildman–Crippen MR) is 105 cm³/mol. The molecule has 1 N–H and O–H groups in total. The maximum Gasteiger partial charge on any atom is 0.267 e. The number of hydrogen-bond acceptors (Lipinski definition) is 5. The van der Waals surface area contributed by atoms with Gasteiger partial charge in [0.15, 0.2) is 11.2 Å². The number of ether oxygens (including phenoxy) is 1. The molecular weight excluding hydrogens is 381 g/mol. The van der Waals surface area contributed by atoms with Crippen molar-refractivity contribution in [3.05, 3.63) is 59.2 Å². The van der Waals surface area contributed by atoms with Crippen LogP contribution in [0.25, 0.3) is 11.3 Å². The van der Waals surface area contributed by atoms with E-state index in [4.69, 9.17) is 4.74 Å². The van der Waals surface area contributed by atoms with Crippen molar-refractivity contribution < 1.29 is 18.7 Å². The molecule has 4 rings (SSSR count). The second kappa shape index (κ2) is 7.05. The number of amides is 2. The number of halogens is 1. The van der Waals surface area contributed by atoms with Crippen LogP contribution in [0.4, 0.5) is 15.2 Å². The van der Waals surface area contributed by atoms with Crippen LogP contribution in [0.2, 0.25) is 0 Å². The number of rotatable bonds is 3. The summed E-state index contributed by atoms with van der Waals surface area (Å²) in [5, 5.41) is 4.95. The van der Waals surface area contributed by atoms with Crippen LogP contribution in [-0.4, -0.2) is 29.9 Å². The van der Waals surface area contributed by atoms with Crippen molar-refractivity contribution >= 4 is 34.0 Å². The molecule has 8 heteroatoms. The molecular formula is C20H16FN3O3S. The molecule has 2 aromatic carbocycles. The third-order valence-corrected chi connectivity index (χ3v) is 5.19. The van der Waals surface area contributed by atoms with Gasteiger partial charge in [-0.05, 0) is 49.4 Å². The van der Waals surface area contributed by atoms with E-state index in [9.17, 15) is 14.0 Å². The summed E-state index contributed by atoms with van der Waals surface area (Å²) in [6.07, 6.45) is -0.518. The van der Waals surface area contributed by atoms with Gasteiger partial charge in [-0.2, -0.15) is 0 Å². The van der Waals surface area contributed by atoms with E-state index < -0.39 is 11.9 Å². The highest BCUT2D eigenvalue weighted by molar-refractivity contribution is 7.14.